The Labute approximate surface area is 90.2 Å². The van der Waals surface area contributed by atoms with Crippen LogP contribution in [0.15, 0.2) is 12.4 Å². The van der Waals surface area contributed by atoms with Crippen LogP contribution in [0, 0.1) is 5.92 Å². The second-order valence-corrected chi connectivity index (χ2v) is 3.92. The highest BCUT2D eigenvalue weighted by Crippen LogP contribution is 2.25. The standard InChI is InChI=1S/C11H18N2O2/c1-5-15-11(14)10(8(2)3)9-6-12-13(4)7-9/h6-8,10H,5H2,1-4H3. The summed E-state index contributed by atoms with van der Waals surface area (Å²) in [4.78, 5) is 11.7. The van der Waals surface area contributed by atoms with E-state index >= 15 is 0 Å². The number of hydrogen-bond donors (Lipinski definition) is 0. The van der Waals surface area contributed by atoms with Crippen molar-refractivity contribution in [3.05, 3.63) is 18.0 Å². The molecular weight excluding hydrogens is 192 g/mol. The average molecular weight is 210 g/mol. The number of aromatic nitrogens is 2. The molecule has 15 heavy (non-hydrogen) atoms. The summed E-state index contributed by atoms with van der Waals surface area (Å²) in [6.45, 7) is 6.25. The van der Waals surface area contributed by atoms with Crippen molar-refractivity contribution in [2.75, 3.05) is 6.61 Å². The number of carbonyl (C=O) groups is 1. The smallest absolute Gasteiger partial charge is 0.313 e. The van der Waals surface area contributed by atoms with Crippen molar-refractivity contribution in [2.24, 2.45) is 13.0 Å². The fraction of sp³-hybridized carbons (Fsp3) is 0.636. The van der Waals surface area contributed by atoms with Crippen LogP contribution in [0.5, 0.6) is 0 Å². The summed E-state index contributed by atoms with van der Waals surface area (Å²) in [7, 11) is 1.84. The van der Waals surface area contributed by atoms with Gasteiger partial charge in [0.25, 0.3) is 0 Å². The molecule has 0 aliphatic carbocycles. The van der Waals surface area contributed by atoms with Crippen LogP contribution in [0.4, 0.5) is 0 Å². The summed E-state index contributed by atoms with van der Waals surface area (Å²) < 4.78 is 6.75. The van der Waals surface area contributed by atoms with E-state index in [0.717, 1.165) is 5.56 Å². The molecule has 1 heterocycles. The van der Waals surface area contributed by atoms with Crippen LogP contribution in [-0.2, 0) is 16.6 Å². The molecule has 1 atom stereocenters. The van der Waals surface area contributed by atoms with Crippen LogP contribution in [0.2, 0.25) is 0 Å². The lowest BCUT2D eigenvalue weighted by molar-refractivity contribution is -0.146. The molecule has 1 aromatic rings. The second-order valence-electron chi connectivity index (χ2n) is 3.92. The van der Waals surface area contributed by atoms with Gasteiger partial charge < -0.3 is 4.74 Å². The van der Waals surface area contributed by atoms with Crippen molar-refractivity contribution in [1.29, 1.82) is 0 Å². The number of nitrogens with zero attached hydrogens (tertiary/aromatic N) is 2. The third-order valence-corrected chi connectivity index (χ3v) is 2.29. The molecule has 1 aromatic heterocycles. The summed E-state index contributed by atoms with van der Waals surface area (Å²) in [5, 5.41) is 4.07. The number of hydrogen-bond acceptors (Lipinski definition) is 3. The summed E-state index contributed by atoms with van der Waals surface area (Å²) in [5.74, 6) is -0.160. The Morgan fingerprint density at radius 3 is 2.67 bits per heavy atom. The van der Waals surface area contributed by atoms with Gasteiger partial charge >= 0.3 is 5.97 Å². The first-order valence-corrected chi connectivity index (χ1v) is 5.21. The van der Waals surface area contributed by atoms with E-state index < -0.39 is 0 Å². The molecular formula is C11H18N2O2. The Morgan fingerprint density at radius 1 is 1.60 bits per heavy atom. The van der Waals surface area contributed by atoms with Gasteiger partial charge in [-0.15, -0.1) is 0 Å². The molecule has 0 aromatic carbocycles. The summed E-state index contributed by atoms with van der Waals surface area (Å²) >= 11 is 0. The van der Waals surface area contributed by atoms with Gasteiger partial charge in [-0.3, -0.25) is 9.48 Å². The molecule has 0 amide bonds. The lowest BCUT2D eigenvalue weighted by atomic mass is 9.91. The van der Waals surface area contributed by atoms with E-state index in [1.165, 1.54) is 0 Å². The summed E-state index contributed by atoms with van der Waals surface area (Å²) in [6, 6.07) is 0. The van der Waals surface area contributed by atoms with E-state index in [-0.39, 0.29) is 17.8 Å². The molecule has 1 rings (SSSR count). The molecule has 0 N–H and O–H groups in total. The lowest BCUT2D eigenvalue weighted by Crippen LogP contribution is -2.20. The highest BCUT2D eigenvalue weighted by atomic mass is 16.5. The van der Waals surface area contributed by atoms with Gasteiger partial charge in [0.15, 0.2) is 0 Å². The van der Waals surface area contributed by atoms with Gasteiger partial charge in [-0.1, -0.05) is 13.8 Å². The Bertz CT molecular complexity index is 331. The Morgan fingerprint density at radius 2 is 2.27 bits per heavy atom. The fourth-order valence-corrected chi connectivity index (χ4v) is 1.63. The summed E-state index contributed by atoms with van der Waals surface area (Å²) in [6.07, 6.45) is 3.59. The molecule has 0 fully saturated rings. The first kappa shape index (κ1) is 11.8. The van der Waals surface area contributed by atoms with Crippen molar-refractivity contribution in [2.45, 2.75) is 26.7 Å². The van der Waals surface area contributed by atoms with Gasteiger partial charge in [0, 0.05) is 18.8 Å². The first-order chi connectivity index (χ1) is 7.06. The normalized spacial score (nSPS) is 12.9. The Balaban J connectivity index is 2.88. The predicted molar refractivity (Wildman–Crippen MR) is 57.4 cm³/mol. The van der Waals surface area contributed by atoms with Crippen molar-refractivity contribution in [1.82, 2.24) is 9.78 Å². The maximum Gasteiger partial charge on any atom is 0.313 e. The molecule has 0 radical (unpaired) electrons. The third kappa shape index (κ3) is 2.81. The van der Waals surface area contributed by atoms with Gasteiger partial charge in [-0.2, -0.15) is 5.10 Å². The van der Waals surface area contributed by atoms with E-state index in [1.54, 1.807) is 10.9 Å². The second kappa shape index (κ2) is 4.96. The van der Waals surface area contributed by atoms with Crippen LogP contribution >= 0.6 is 0 Å². The highest BCUT2D eigenvalue weighted by molar-refractivity contribution is 5.78. The average Bonchev–Trinajstić information content (AvgIpc) is 2.51. The Hall–Kier alpha value is -1.32. The number of esters is 1. The maximum atomic E-state index is 11.7. The van der Waals surface area contributed by atoms with Gasteiger partial charge in [-0.25, -0.2) is 0 Å². The van der Waals surface area contributed by atoms with Gasteiger partial charge in [0.05, 0.1) is 18.7 Å². The molecule has 4 nitrogen and oxygen atoms in total. The minimum Gasteiger partial charge on any atom is -0.466 e. The Kier molecular flexibility index (Phi) is 3.88. The van der Waals surface area contributed by atoms with Gasteiger partial charge in [0.2, 0.25) is 0 Å². The predicted octanol–water partition coefficient (Wildman–Crippen LogP) is 1.72. The SMILES string of the molecule is CCOC(=O)C(c1cnn(C)c1)C(C)C. The molecule has 0 aliphatic heterocycles. The third-order valence-electron chi connectivity index (χ3n) is 2.29. The molecule has 0 saturated carbocycles. The maximum absolute atomic E-state index is 11.7. The largest absolute Gasteiger partial charge is 0.466 e. The van der Waals surface area contributed by atoms with Crippen LogP contribution in [0.25, 0.3) is 0 Å². The minimum absolute atomic E-state index is 0.166. The van der Waals surface area contributed by atoms with E-state index in [2.05, 4.69) is 5.10 Å². The molecule has 0 saturated heterocycles. The van der Waals surface area contributed by atoms with Crippen LogP contribution in [-0.4, -0.2) is 22.4 Å². The number of ether oxygens (including phenoxy) is 1. The van der Waals surface area contributed by atoms with Crippen LogP contribution in [0.1, 0.15) is 32.3 Å². The highest BCUT2D eigenvalue weighted by Gasteiger charge is 2.26. The number of aryl methyl sites for hydroxylation is 1. The summed E-state index contributed by atoms with van der Waals surface area (Å²) in [5.41, 5.74) is 0.922. The van der Waals surface area contributed by atoms with E-state index in [0.29, 0.717) is 6.61 Å². The topological polar surface area (TPSA) is 44.1 Å². The van der Waals surface area contributed by atoms with E-state index in [4.69, 9.17) is 4.74 Å². The number of rotatable bonds is 4. The zero-order valence-electron chi connectivity index (χ0n) is 9.73. The van der Waals surface area contributed by atoms with Crippen molar-refractivity contribution in [3.8, 4) is 0 Å². The molecule has 4 heteroatoms. The van der Waals surface area contributed by atoms with Crippen molar-refractivity contribution >= 4 is 5.97 Å². The van der Waals surface area contributed by atoms with E-state index in [1.807, 2.05) is 34.0 Å². The monoisotopic (exact) mass is 210 g/mol. The molecule has 0 aliphatic rings. The van der Waals surface area contributed by atoms with Gasteiger partial charge in [0.1, 0.15) is 0 Å². The molecule has 84 valence electrons. The fourth-order valence-electron chi connectivity index (χ4n) is 1.63. The van der Waals surface area contributed by atoms with Crippen molar-refractivity contribution in [3.63, 3.8) is 0 Å². The molecule has 0 spiro atoms. The van der Waals surface area contributed by atoms with Crippen LogP contribution < -0.4 is 0 Å². The quantitative estimate of drug-likeness (QED) is 0.711. The van der Waals surface area contributed by atoms with Gasteiger partial charge in [-0.05, 0) is 12.8 Å². The zero-order valence-corrected chi connectivity index (χ0v) is 9.73. The first-order valence-electron chi connectivity index (χ1n) is 5.21. The lowest BCUT2D eigenvalue weighted by Gasteiger charge is -2.17. The molecule has 0 bridgehead atoms. The van der Waals surface area contributed by atoms with Crippen LogP contribution in [0.3, 0.4) is 0 Å². The number of carbonyl (C=O) groups excluding carboxylic acids is 1. The molecule has 1 unspecified atom stereocenters. The van der Waals surface area contributed by atoms with E-state index in [9.17, 15) is 4.79 Å². The minimum atomic E-state index is -0.210. The van der Waals surface area contributed by atoms with Crippen molar-refractivity contribution < 1.29 is 9.53 Å². The zero-order chi connectivity index (χ0) is 11.4.